The highest BCUT2D eigenvalue weighted by atomic mass is 32.2. The van der Waals surface area contributed by atoms with Gasteiger partial charge in [-0.2, -0.15) is 0 Å². The molecule has 0 aromatic heterocycles. The highest BCUT2D eigenvalue weighted by Gasteiger charge is 2.51. The Balaban J connectivity index is 0.000000117. The van der Waals surface area contributed by atoms with Crippen LogP contribution < -0.4 is 18.9 Å². The van der Waals surface area contributed by atoms with Crippen LogP contribution in [0, 0.1) is 88.9 Å². The average Bonchev–Trinajstić information content (AvgIpc) is 0.764. The Morgan fingerprint density at radius 2 is 0.374 bits per heavy atom. The maximum atomic E-state index is 6.43. The monoisotopic (exact) mass is 1820 g/mol. The van der Waals surface area contributed by atoms with E-state index in [0.717, 1.165) is 70.3 Å². The number of ether oxygens (including phenoxy) is 6. The van der Waals surface area contributed by atoms with E-state index in [1.54, 1.807) is 14.2 Å². The first kappa shape index (κ1) is 92.0. The van der Waals surface area contributed by atoms with E-state index in [4.69, 9.17) is 28.4 Å². The van der Waals surface area contributed by atoms with Crippen molar-refractivity contribution in [3.63, 3.8) is 0 Å². The topological polar surface area (TPSA) is 55.4 Å². The number of methoxy groups -OCH3 is 2. The van der Waals surface area contributed by atoms with Gasteiger partial charge in [0.2, 0.25) is 0 Å². The van der Waals surface area contributed by atoms with Gasteiger partial charge in [-0.3, -0.25) is 0 Å². The highest BCUT2D eigenvalue weighted by molar-refractivity contribution is 7.98. The van der Waals surface area contributed by atoms with Gasteiger partial charge < -0.3 is 28.4 Å². The molecule has 0 radical (unpaired) electrons. The molecule has 664 valence electrons. The van der Waals surface area contributed by atoms with E-state index in [0.29, 0.717) is 25.8 Å². The fourth-order valence-corrected chi connectivity index (χ4v) is 32.4. The molecule has 11 heteroatoms. The minimum absolute atomic E-state index is 0.0146. The van der Waals surface area contributed by atoms with Gasteiger partial charge in [0.05, 0.1) is 80.9 Å². The third-order valence-electron chi connectivity index (χ3n) is 26.5. The standard InChI is InChI=1S/2C31H35O2S.C21H21OS.C19H17OS.C18H15S/c2*1-21-13-29(34(27-9-5-3-6-10-27)28-11-7-4-8-12-28)14-22(2)30(21)32-20-33-31-25-16-23-15-24(18-25)19-26(31)17-23;1-16-14-20(15-17(2)21(16)22-3)23(18-10-6-4-7-11-18)19-12-8-5-9-13-19;1-20-16-12-14-19(15-13-16)21(17-8-4-2-5-9-17)18-10-6-3-7-11-18;1-4-10-16(11-5-1)19(17-12-6-2-7-13-17)18-14-8-3-9-15-18/h2*3-14,23-26,31H,15-20H2,1-2H3;4-15H,1-3H3;2-15H,1H3;1-15H/q5*+1. The van der Waals surface area contributed by atoms with Crippen molar-refractivity contribution in [1.82, 2.24) is 0 Å². The third-order valence-corrected chi connectivity index (χ3v) is 37.5. The van der Waals surface area contributed by atoms with E-state index in [1.165, 1.54) is 171 Å². The van der Waals surface area contributed by atoms with Crippen molar-refractivity contribution < 1.29 is 28.4 Å². The average molecular weight is 1820 g/mol. The lowest BCUT2D eigenvalue weighted by Crippen LogP contribution is -2.49. The Morgan fingerprint density at radius 3 is 0.557 bits per heavy atom. The molecule has 0 spiro atoms. The zero-order valence-electron chi connectivity index (χ0n) is 76.8. The van der Waals surface area contributed by atoms with Crippen LogP contribution in [-0.4, -0.2) is 40.0 Å². The van der Waals surface area contributed by atoms with Crippen LogP contribution in [0.2, 0.25) is 0 Å². The van der Waals surface area contributed by atoms with Crippen LogP contribution in [0.5, 0.6) is 23.0 Å². The second-order valence-electron chi connectivity index (χ2n) is 35.7. The molecule has 8 fully saturated rings. The summed E-state index contributed by atoms with van der Waals surface area (Å²) in [6.45, 7) is 13.7. The zero-order chi connectivity index (χ0) is 89.8. The normalized spacial score (nSPS) is 19.3. The minimum atomic E-state index is -0.142. The summed E-state index contributed by atoms with van der Waals surface area (Å²) in [6, 6.07) is 140. The van der Waals surface area contributed by atoms with Crippen molar-refractivity contribution in [3.05, 3.63) is 428 Å². The Morgan fingerprint density at radius 1 is 0.198 bits per heavy atom. The third kappa shape index (κ3) is 22.9. The zero-order valence-corrected chi connectivity index (χ0v) is 80.9. The van der Waals surface area contributed by atoms with Crippen molar-refractivity contribution in [3.8, 4) is 23.0 Å². The summed E-state index contributed by atoms with van der Waals surface area (Å²) >= 11 is 0. The molecule has 0 heterocycles. The molecule has 0 N–H and O–H groups in total. The van der Waals surface area contributed by atoms with Gasteiger partial charge in [-0.1, -0.05) is 200 Å². The van der Waals surface area contributed by atoms with E-state index in [2.05, 4.69) is 424 Å². The second kappa shape index (κ2) is 45.1. The lowest BCUT2D eigenvalue weighted by Gasteiger charge is -2.53. The van der Waals surface area contributed by atoms with E-state index in [1.807, 2.05) is 12.1 Å². The number of hydrogen-bond donors (Lipinski definition) is 0. The van der Waals surface area contributed by atoms with Gasteiger partial charge in [0.1, 0.15) is 23.0 Å². The lowest BCUT2D eigenvalue weighted by molar-refractivity contribution is -0.155. The van der Waals surface area contributed by atoms with Gasteiger partial charge in [-0.15, -0.1) is 0 Å². The summed E-state index contributed by atoms with van der Waals surface area (Å²) in [5.74, 6) is 10.8. The number of aryl methyl sites for hydroxylation is 6. The second-order valence-corrected chi connectivity index (χ2v) is 45.8. The van der Waals surface area contributed by atoms with Crippen LogP contribution in [0.1, 0.15) is 97.6 Å². The summed E-state index contributed by atoms with van der Waals surface area (Å²) < 4.78 is 36.2. The predicted molar refractivity (Wildman–Crippen MR) is 544 cm³/mol. The molecule has 8 saturated carbocycles. The number of rotatable bonds is 25. The van der Waals surface area contributed by atoms with E-state index in [9.17, 15) is 0 Å². The van der Waals surface area contributed by atoms with Gasteiger partial charge in [0.15, 0.2) is 87.0 Å². The van der Waals surface area contributed by atoms with Crippen molar-refractivity contribution >= 4 is 54.5 Å². The van der Waals surface area contributed by atoms with Crippen molar-refractivity contribution in [2.75, 3.05) is 27.8 Å². The summed E-state index contributed by atoms with van der Waals surface area (Å²) in [5, 5.41) is 0. The van der Waals surface area contributed by atoms with Crippen LogP contribution in [0.3, 0.4) is 0 Å². The van der Waals surface area contributed by atoms with Crippen molar-refractivity contribution in [2.24, 2.45) is 47.3 Å². The lowest BCUT2D eigenvalue weighted by atomic mass is 9.55. The summed E-state index contributed by atoms with van der Waals surface area (Å²) in [4.78, 5) is 20.1. The highest BCUT2D eigenvalue weighted by Crippen LogP contribution is 2.57. The van der Waals surface area contributed by atoms with Crippen LogP contribution in [-0.2, 0) is 63.9 Å². The Hall–Kier alpha value is -10.8. The Bertz CT molecular complexity index is 5490. The quantitative estimate of drug-likeness (QED) is 0.0420. The molecule has 131 heavy (non-hydrogen) atoms. The molecule has 23 rings (SSSR count). The molecule has 0 aliphatic heterocycles. The molecule has 6 nitrogen and oxygen atoms in total. The number of benzene rings is 15. The van der Waals surface area contributed by atoms with Crippen LogP contribution in [0.4, 0.5) is 0 Å². The molecule has 8 bridgehead atoms. The first-order valence-corrected chi connectivity index (χ1v) is 52.7. The molecular formula is C120H123O6S5+5. The Kier molecular flexibility index (Phi) is 31.7. The SMILES string of the molecule is COc1c(C)cc([S+](c2ccccc2)c2ccccc2)cc1C.COc1ccc([S+](c2ccccc2)c2ccccc2)cc1.Cc1cc([S+](c2ccccc2)c2ccccc2)cc(C)c1OCOC1C2CC3CC(C2)CC1C3.Cc1cc([S+](c2ccccc2)c2ccccc2)cc(C)c1OCOC1C2CC3CC(C2)CC1C3.c1ccc([S+](c2ccccc2)c2ccccc2)cc1. The molecule has 0 unspecified atom stereocenters. The van der Waals surface area contributed by atoms with Gasteiger partial charge in [0, 0.05) is 36.4 Å². The van der Waals surface area contributed by atoms with Crippen LogP contribution >= 0.6 is 0 Å². The maximum Gasteiger partial charge on any atom is 0.189 e. The van der Waals surface area contributed by atoms with Gasteiger partial charge in [-0.25, -0.2) is 0 Å². The molecule has 8 aliphatic rings. The van der Waals surface area contributed by atoms with E-state index in [-0.39, 0.29) is 54.5 Å². The Labute approximate surface area is 793 Å². The van der Waals surface area contributed by atoms with Gasteiger partial charge >= 0.3 is 0 Å². The van der Waals surface area contributed by atoms with E-state index < -0.39 is 0 Å². The smallest absolute Gasteiger partial charge is 0.189 e. The first-order chi connectivity index (χ1) is 64.3. The molecule has 15 aromatic rings. The molecule has 15 aromatic carbocycles. The molecule has 0 atom stereocenters. The number of hydrogen-bond acceptors (Lipinski definition) is 6. The summed E-state index contributed by atoms with van der Waals surface area (Å²) in [5.41, 5.74) is 7.13. The van der Waals surface area contributed by atoms with Gasteiger partial charge in [-0.05, 0) is 344 Å². The molecule has 0 saturated heterocycles. The van der Waals surface area contributed by atoms with Crippen LogP contribution in [0.25, 0.3) is 0 Å². The molecular weight excluding hydrogens is 1700 g/mol. The van der Waals surface area contributed by atoms with Crippen molar-refractivity contribution in [1.29, 1.82) is 0 Å². The maximum absolute atomic E-state index is 6.43. The molecule has 8 aliphatic carbocycles. The minimum Gasteiger partial charge on any atom is -0.497 e. The largest absolute Gasteiger partial charge is 0.497 e. The summed E-state index contributed by atoms with van der Waals surface area (Å²) in [7, 11) is 2.96. The van der Waals surface area contributed by atoms with Gasteiger partial charge in [0.25, 0.3) is 0 Å². The van der Waals surface area contributed by atoms with E-state index >= 15 is 0 Å². The van der Waals surface area contributed by atoms with Crippen LogP contribution in [0.15, 0.2) is 468 Å². The fourth-order valence-electron chi connectivity index (χ4n) is 21.4. The van der Waals surface area contributed by atoms with Crippen molar-refractivity contribution in [2.45, 2.75) is 191 Å². The summed E-state index contributed by atoms with van der Waals surface area (Å²) in [6.07, 6.45) is 14.8. The predicted octanol–water partition coefficient (Wildman–Crippen LogP) is 30.1. The first-order valence-electron chi connectivity index (χ1n) is 46.6. The molecule has 0 amide bonds. The fraction of sp³-hybridized carbons (Fsp3) is 0.250.